The van der Waals surface area contributed by atoms with E-state index in [1.807, 2.05) is 56.3 Å². The summed E-state index contributed by atoms with van der Waals surface area (Å²) < 4.78 is 5.34. The Balaban J connectivity index is 1.79. The number of rotatable bonds is 6. The van der Waals surface area contributed by atoms with E-state index in [1.165, 1.54) is 0 Å². The van der Waals surface area contributed by atoms with Crippen LogP contribution in [-0.2, 0) is 14.3 Å². The largest absolute Gasteiger partial charge is 0.359 e. The summed E-state index contributed by atoms with van der Waals surface area (Å²) in [6.07, 6.45) is -0.727. The first kappa shape index (κ1) is 17.7. The van der Waals surface area contributed by atoms with Crippen molar-refractivity contribution in [3.63, 3.8) is 0 Å². The fraction of sp³-hybridized carbons (Fsp3) is 0.263. The molecule has 0 bridgehead atoms. The van der Waals surface area contributed by atoms with Crippen LogP contribution in [0.5, 0.6) is 0 Å². The van der Waals surface area contributed by atoms with E-state index in [9.17, 15) is 9.59 Å². The quantitative estimate of drug-likeness (QED) is 0.856. The Bertz CT molecular complexity index is 711. The summed E-state index contributed by atoms with van der Waals surface area (Å²) in [5.74, 6) is -0.585. The number of anilines is 2. The highest BCUT2D eigenvalue weighted by Crippen LogP contribution is 2.11. The molecule has 0 aromatic heterocycles. The molecule has 5 nitrogen and oxygen atoms in total. The number of amides is 2. The Morgan fingerprint density at radius 1 is 0.958 bits per heavy atom. The highest BCUT2D eigenvalue weighted by Gasteiger charge is 2.15. The third kappa shape index (κ3) is 5.52. The number of carbonyl (C=O) groups is 2. The van der Waals surface area contributed by atoms with Crippen molar-refractivity contribution in [3.8, 4) is 0 Å². The fourth-order valence-electron chi connectivity index (χ4n) is 2.08. The molecular weight excluding hydrogens is 304 g/mol. The van der Waals surface area contributed by atoms with Gasteiger partial charge in [-0.25, -0.2) is 0 Å². The molecule has 0 saturated heterocycles. The minimum Gasteiger partial charge on any atom is -0.359 e. The van der Waals surface area contributed by atoms with E-state index in [0.29, 0.717) is 11.4 Å². The van der Waals surface area contributed by atoms with Crippen LogP contribution in [0, 0.1) is 13.8 Å². The first-order valence-corrected chi connectivity index (χ1v) is 7.79. The van der Waals surface area contributed by atoms with Gasteiger partial charge < -0.3 is 15.4 Å². The third-order valence-corrected chi connectivity index (χ3v) is 3.45. The van der Waals surface area contributed by atoms with Gasteiger partial charge in [-0.15, -0.1) is 0 Å². The van der Waals surface area contributed by atoms with Crippen molar-refractivity contribution in [1.29, 1.82) is 0 Å². The van der Waals surface area contributed by atoms with Gasteiger partial charge in [0.15, 0.2) is 0 Å². The molecule has 2 N–H and O–H groups in total. The van der Waals surface area contributed by atoms with Gasteiger partial charge in [-0.3, -0.25) is 9.59 Å². The first-order valence-electron chi connectivity index (χ1n) is 7.79. The minimum atomic E-state index is -0.727. The molecule has 0 radical (unpaired) electrons. The smallest absolute Gasteiger partial charge is 0.253 e. The van der Waals surface area contributed by atoms with Gasteiger partial charge in [-0.1, -0.05) is 29.8 Å². The summed E-state index contributed by atoms with van der Waals surface area (Å²) >= 11 is 0. The molecule has 2 aromatic carbocycles. The molecule has 1 atom stereocenters. The molecule has 126 valence electrons. The first-order chi connectivity index (χ1) is 11.4. The lowest BCUT2D eigenvalue weighted by molar-refractivity contribution is -0.131. The second-order valence-corrected chi connectivity index (χ2v) is 5.73. The lowest BCUT2D eigenvalue weighted by Crippen LogP contribution is -2.31. The molecule has 24 heavy (non-hydrogen) atoms. The predicted molar refractivity (Wildman–Crippen MR) is 95.0 cm³/mol. The monoisotopic (exact) mass is 326 g/mol. The molecule has 2 aromatic rings. The van der Waals surface area contributed by atoms with Crippen LogP contribution in [0.1, 0.15) is 18.1 Å². The van der Waals surface area contributed by atoms with E-state index in [-0.39, 0.29) is 18.4 Å². The normalized spacial score (nSPS) is 11.6. The summed E-state index contributed by atoms with van der Waals surface area (Å²) in [5, 5.41) is 5.49. The van der Waals surface area contributed by atoms with E-state index >= 15 is 0 Å². The molecule has 5 heteroatoms. The van der Waals surface area contributed by atoms with Crippen molar-refractivity contribution in [2.45, 2.75) is 26.9 Å². The topological polar surface area (TPSA) is 67.4 Å². The second kappa shape index (κ2) is 8.26. The van der Waals surface area contributed by atoms with Gasteiger partial charge >= 0.3 is 0 Å². The number of ether oxygens (including phenoxy) is 1. The molecule has 0 fully saturated rings. The number of aryl methyl sites for hydroxylation is 2. The van der Waals surface area contributed by atoms with Crippen molar-refractivity contribution in [1.82, 2.24) is 0 Å². The van der Waals surface area contributed by atoms with Crippen molar-refractivity contribution >= 4 is 23.2 Å². The highest BCUT2D eigenvalue weighted by atomic mass is 16.5. The minimum absolute atomic E-state index is 0.184. The summed E-state index contributed by atoms with van der Waals surface area (Å²) in [6.45, 7) is 5.35. The molecule has 1 unspecified atom stereocenters. The molecule has 2 amide bonds. The van der Waals surface area contributed by atoms with Gasteiger partial charge in [0.2, 0.25) is 5.91 Å². The molecule has 0 aliphatic heterocycles. The van der Waals surface area contributed by atoms with Gasteiger partial charge in [0, 0.05) is 11.4 Å². The van der Waals surface area contributed by atoms with Crippen LogP contribution in [0.25, 0.3) is 0 Å². The summed E-state index contributed by atoms with van der Waals surface area (Å²) in [7, 11) is 0. The number of benzene rings is 2. The molecular formula is C19H22N2O3. The number of carbonyl (C=O) groups excluding carboxylic acids is 2. The zero-order chi connectivity index (χ0) is 17.5. The summed E-state index contributed by atoms with van der Waals surface area (Å²) in [4.78, 5) is 23.9. The molecule has 0 aliphatic rings. The Hall–Kier alpha value is -2.66. The summed E-state index contributed by atoms with van der Waals surface area (Å²) in [5.41, 5.74) is 3.58. The van der Waals surface area contributed by atoms with Crippen LogP contribution >= 0.6 is 0 Å². The van der Waals surface area contributed by atoms with Crippen LogP contribution in [0.15, 0.2) is 48.5 Å². The highest BCUT2D eigenvalue weighted by molar-refractivity contribution is 5.95. The van der Waals surface area contributed by atoms with E-state index in [4.69, 9.17) is 4.74 Å². The Labute approximate surface area is 142 Å². The fourth-order valence-corrected chi connectivity index (χ4v) is 2.08. The molecule has 0 saturated carbocycles. The maximum Gasteiger partial charge on any atom is 0.253 e. The van der Waals surface area contributed by atoms with E-state index < -0.39 is 6.10 Å². The van der Waals surface area contributed by atoms with Crippen LogP contribution in [-0.4, -0.2) is 24.5 Å². The Kier molecular flexibility index (Phi) is 6.09. The Morgan fingerprint density at radius 2 is 1.67 bits per heavy atom. The number of hydrogen-bond acceptors (Lipinski definition) is 3. The van der Waals surface area contributed by atoms with Crippen molar-refractivity contribution < 1.29 is 14.3 Å². The Morgan fingerprint density at radius 3 is 2.33 bits per heavy atom. The van der Waals surface area contributed by atoms with Crippen LogP contribution in [0.4, 0.5) is 11.4 Å². The standard InChI is InChI=1S/C19H22N2O3/c1-13-7-9-16(10-8-13)21-19(23)15(3)24-12-18(22)20-17-6-4-5-14(2)11-17/h4-11,15H,12H2,1-3H3,(H,20,22)(H,21,23). The maximum atomic E-state index is 12.0. The zero-order valence-corrected chi connectivity index (χ0v) is 14.1. The SMILES string of the molecule is Cc1ccc(NC(=O)C(C)OCC(=O)Nc2cccc(C)c2)cc1. The lowest BCUT2D eigenvalue weighted by atomic mass is 10.2. The van der Waals surface area contributed by atoms with Crippen molar-refractivity contribution in [2.75, 3.05) is 17.2 Å². The number of nitrogens with one attached hydrogen (secondary N) is 2. The maximum absolute atomic E-state index is 12.0. The van der Waals surface area contributed by atoms with E-state index in [2.05, 4.69) is 10.6 Å². The van der Waals surface area contributed by atoms with E-state index in [1.54, 1.807) is 13.0 Å². The van der Waals surface area contributed by atoms with Gasteiger partial charge in [0.05, 0.1) is 0 Å². The molecule has 0 heterocycles. The van der Waals surface area contributed by atoms with Gasteiger partial charge in [0.25, 0.3) is 5.91 Å². The lowest BCUT2D eigenvalue weighted by Gasteiger charge is -2.13. The van der Waals surface area contributed by atoms with Crippen molar-refractivity contribution in [3.05, 3.63) is 59.7 Å². The van der Waals surface area contributed by atoms with Crippen LogP contribution < -0.4 is 10.6 Å². The van der Waals surface area contributed by atoms with E-state index in [0.717, 1.165) is 11.1 Å². The van der Waals surface area contributed by atoms with Crippen LogP contribution in [0.3, 0.4) is 0 Å². The van der Waals surface area contributed by atoms with Gasteiger partial charge in [-0.2, -0.15) is 0 Å². The average Bonchev–Trinajstić information content (AvgIpc) is 2.54. The zero-order valence-electron chi connectivity index (χ0n) is 14.1. The van der Waals surface area contributed by atoms with Gasteiger partial charge in [0.1, 0.15) is 12.7 Å². The molecule has 0 spiro atoms. The summed E-state index contributed by atoms with van der Waals surface area (Å²) in [6, 6.07) is 15.0. The molecule has 0 aliphatic carbocycles. The predicted octanol–water partition coefficient (Wildman–Crippen LogP) is 3.29. The average molecular weight is 326 g/mol. The van der Waals surface area contributed by atoms with Crippen LogP contribution in [0.2, 0.25) is 0 Å². The molecule has 2 rings (SSSR count). The number of hydrogen-bond donors (Lipinski definition) is 2. The van der Waals surface area contributed by atoms with Crippen molar-refractivity contribution in [2.24, 2.45) is 0 Å². The third-order valence-electron chi connectivity index (χ3n) is 3.45. The second-order valence-electron chi connectivity index (χ2n) is 5.73. The van der Waals surface area contributed by atoms with Gasteiger partial charge in [-0.05, 0) is 50.6 Å².